The number of piperazine rings is 1. The summed E-state index contributed by atoms with van der Waals surface area (Å²) in [5.41, 5.74) is 2.88. The fraction of sp³-hybridized carbons (Fsp3) is 0.353. The second-order valence-electron chi connectivity index (χ2n) is 5.89. The molecule has 0 spiro atoms. The molecule has 6 nitrogen and oxygen atoms in total. The lowest BCUT2D eigenvalue weighted by Gasteiger charge is -2.34. The van der Waals surface area contributed by atoms with E-state index in [4.69, 9.17) is 4.52 Å². The average molecular weight is 309 g/mol. The molecule has 6 heteroatoms. The Bertz CT molecular complexity index is 807. The third-order valence-electron chi connectivity index (χ3n) is 4.26. The number of hydrogen-bond acceptors (Lipinski definition) is 6. The second kappa shape index (κ2) is 5.96. The van der Waals surface area contributed by atoms with Crippen molar-refractivity contribution in [3.8, 4) is 0 Å². The smallest absolute Gasteiger partial charge is 0.225 e. The van der Waals surface area contributed by atoms with Crippen LogP contribution in [0.2, 0.25) is 0 Å². The summed E-state index contributed by atoms with van der Waals surface area (Å²) in [6.45, 7) is 6.62. The van der Waals surface area contributed by atoms with Gasteiger partial charge in [0.05, 0.1) is 0 Å². The summed E-state index contributed by atoms with van der Waals surface area (Å²) in [5.74, 6) is 0.830. The molecule has 2 aromatic heterocycles. The molecule has 0 amide bonds. The number of aromatic nitrogens is 3. The number of aryl methyl sites for hydroxylation is 1. The van der Waals surface area contributed by atoms with Crippen LogP contribution in [-0.4, -0.2) is 46.2 Å². The van der Waals surface area contributed by atoms with Gasteiger partial charge in [-0.05, 0) is 25.1 Å². The molecular formula is C17H19N5O. The highest BCUT2D eigenvalue weighted by Crippen LogP contribution is 2.20. The average Bonchev–Trinajstić information content (AvgIpc) is 2.99. The SMILES string of the molecule is Cc1ccnc(N2CCN(Cc3noc4ccccc34)CC2)n1. The van der Waals surface area contributed by atoms with Crippen molar-refractivity contribution in [2.45, 2.75) is 13.5 Å². The van der Waals surface area contributed by atoms with Gasteiger partial charge in [0.2, 0.25) is 5.95 Å². The van der Waals surface area contributed by atoms with Gasteiger partial charge in [0, 0.05) is 50.0 Å². The highest BCUT2D eigenvalue weighted by Gasteiger charge is 2.20. The molecule has 118 valence electrons. The van der Waals surface area contributed by atoms with Crippen molar-refractivity contribution in [1.82, 2.24) is 20.0 Å². The number of fused-ring (bicyclic) bond motifs is 1. The maximum Gasteiger partial charge on any atom is 0.225 e. The lowest BCUT2D eigenvalue weighted by Crippen LogP contribution is -2.46. The van der Waals surface area contributed by atoms with E-state index in [1.807, 2.05) is 37.4 Å². The van der Waals surface area contributed by atoms with Gasteiger partial charge in [-0.2, -0.15) is 0 Å². The first kappa shape index (κ1) is 14.1. The summed E-state index contributed by atoms with van der Waals surface area (Å²) < 4.78 is 5.39. The molecule has 0 unspecified atom stereocenters. The van der Waals surface area contributed by atoms with Crippen LogP contribution in [0.5, 0.6) is 0 Å². The standard InChI is InChI=1S/C17H19N5O/c1-13-6-7-18-17(19-13)22-10-8-21(9-11-22)12-15-14-4-2-3-5-16(14)23-20-15/h2-7H,8-12H2,1H3. The Morgan fingerprint density at radius 1 is 1.09 bits per heavy atom. The molecule has 0 N–H and O–H groups in total. The van der Waals surface area contributed by atoms with Crippen molar-refractivity contribution >= 4 is 16.9 Å². The lowest BCUT2D eigenvalue weighted by atomic mass is 10.2. The minimum atomic E-state index is 0.819. The van der Waals surface area contributed by atoms with Crippen molar-refractivity contribution in [1.29, 1.82) is 0 Å². The summed E-state index contributed by atoms with van der Waals surface area (Å²) in [6.07, 6.45) is 1.82. The van der Waals surface area contributed by atoms with Crippen molar-refractivity contribution in [3.63, 3.8) is 0 Å². The van der Waals surface area contributed by atoms with E-state index in [1.54, 1.807) is 0 Å². The van der Waals surface area contributed by atoms with E-state index < -0.39 is 0 Å². The minimum absolute atomic E-state index is 0.819. The zero-order valence-corrected chi connectivity index (χ0v) is 13.1. The van der Waals surface area contributed by atoms with Crippen LogP contribution in [0.1, 0.15) is 11.4 Å². The quantitative estimate of drug-likeness (QED) is 0.739. The Morgan fingerprint density at radius 3 is 2.74 bits per heavy atom. The molecule has 0 radical (unpaired) electrons. The molecular weight excluding hydrogens is 290 g/mol. The first-order valence-electron chi connectivity index (χ1n) is 7.90. The maximum atomic E-state index is 5.39. The number of para-hydroxylation sites is 1. The number of nitrogens with zero attached hydrogens (tertiary/aromatic N) is 5. The molecule has 1 aromatic carbocycles. The van der Waals surface area contributed by atoms with Crippen LogP contribution < -0.4 is 4.90 Å². The Morgan fingerprint density at radius 2 is 1.91 bits per heavy atom. The lowest BCUT2D eigenvalue weighted by molar-refractivity contribution is 0.242. The van der Waals surface area contributed by atoms with Crippen LogP contribution >= 0.6 is 0 Å². The van der Waals surface area contributed by atoms with E-state index in [-0.39, 0.29) is 0 Å². The van der Waals surface area contributed by atoms with Crippen LogP contribution in [0.3, 0.4) is 0 Å². The predicted molar refractivity (Wildman–Crippen MR) is 88.3 cm³/mol. The van der Waals surface area contributed by atoms with Gasteiger partial charge in [0.25, 0.3) is 0 Å². The Balaban J connectivity index is 1.42. The second-order valence-corrected chi connectivity index (χ2v) is 5.89. The number of benzene rings is 1. The molecule has 1 fully saturated rings. The first-order valence-corrected chi connectivity index (χ1v) is 7.90. The molecule has 1 saturated heterocycles. The van der Waals surface area contributed by atoms with Gasteiger partial charge in [-0.25, -0.2) is 9.97 Å². The molecule has 1 aliphatic heterocycles. The van der Waals surface area contributed by atoms with Crippen molar-refractivity contribution in [2.75, 3.05) is 31.1 Å². The molecule has 4 rings (SSSR count). The van der Waals surface area contributed by atoms with Crippen LogP contribution in [0.15, 0.2) is 41.1 Å². The molecule has 0 bridgehead atoms. The summed E-state index contributed by atoms with van der Waals surface area (Å²) in [7, 11) is 0. The molecule has 0 atom stereocenters. The van der Waals surface area contributed by atoms with Gasteiger partial charge < -0.3 is 9.42 Å². The molecule has 0 saturated carbocycles. The van der Waals surface area contributed by atoms with E-state index in [0.717, 1.165) is 61.0 Å². The molecule has 23 heavy (non-hydrogen) atoms. The fourth-order valence-corrected chi connectivity index (χ4v) is 2.96. The van der Waals surface area contributed by atoms with Crippen LogP contribution in [0.25, 0.3) is 11.0 Å². The van der Waals surface area contributed by atoms with Crippen LogP contribution in [0, 0.1) is 6.92 Å². The molecule has 1 aliphatic rings. The van der Waals surface area contributed by atoms with Crippen LogP contribution in [-0.2, 0) is 6.54 Å². The summed E-state index contributed by atoms with van der Waals surface area (Å²) in [6, 6.07) is 9.94. The fourth-order valence-electron chi connectivity index (χ4n) is 2.96. The predicted octanol–water partition coefficient (Wildman–Crippen LogP) is 2.25. The van der Waals surface area contributed by atoms with Crippen molar-refractivity contribution in [3.05, 3.63) is 47.9 Å². The van der Waals surface area contributed by atoms with Gasteiger partial charge >= 0.3 is 0 Å². The summed E-state index contributed by atoms with van der Waals surface area (Å²) >= 11 is 0. The minimum Gasteiger partial charge on any atom is -0.356 e. The Hall–Kier alpha value is -2.47. The van der Waals surface area contributed by atoms with Crippen molar-refractivity contribution < 1.29 is 4.52 Å². The van der Waals surface area contributed by atoms with Crippen LogP contribution in [0.4, 0.5) is 5.95 Å². The Labute approximate surface area is 134 Å². The third kappa shape index (κ3) is 2.90. The van der Waals surface area contributed by atoms with Crippen molar-refractivity contribution in [2.24, 2.45) is 0 Å². The van der Waals surface area contributed by atoms with E-state index in [0.29, 0.717) is 0 Å². The molecule has 3 heterocycles. The van der Waals surface area contributed by atoms with Gasteiger partial charge in [-0.15, -0.1) is 0 Å². The zero-order chi connectivity index (χ0) is 15.6. The topological polar surface area (TPSA) is 58.3 Å². The van der Waals surface area contributed by atoms with Gasteiger partial charge in [-0.1, -0.05) is 17.3 Å². The van der Waals surface area contributed by atoms with E-state index in [2.05, 4.69) is 31.0 Å². The number of hydrogen-bond donors (Lipinski definition) is 0. The van der Waals surface area contributed by atoms with Gasteiger partial charge in [0.1, 0.15) is 5.69 Å². The summed E-state index contributed by atoms with van der Waals surface area (Å²) in [5, 5.41) is 5.33. The number of anilines is 1. The highest BCUT2D eigenvalue weighted by atomic mass is 16.5. The largest absolute Gasteiger partial charge is 0.356 e. The normalized spacial score (nSPS) is 16.1. The first-order chi connectivity index (χ1) is 11.3. The van der Waals surface area contributed by atoms with E-state index >= 15 is 0 Å². The highest BCUT2D eigenvalue weighted by molar-refractivity contribution is 5.79. The third-order valence-corrected chi connectivity index (χ3v) is 4.26. The maximum absolute atomic E-state index is 5.39. The van der Waals surface area contributed by atoms with E-state index in [9.17, 15) is 0 Å². The Kier molecular flexibility index (Phi) is 3.67. The van der Waals surface area contributed by atoms with E-state index in [1.165, 1.54) is 0 Å². The zero-order valence-electron chi connectivity index (χ0n) is 13.1. The monoisotopic (exact) mass is 309 g/mol. The molecule has 0 aliphatic carbocycles. The number of rotatable bonds is 3. The summed E-state index contributed by atoms with van der Waals surface area (Å²) in [4.78, 5) is 13.5. The molecule has 3 aromatic rings. The van der Waals surface area contributed by atoms with Gasteiger partial charge in [-0.3, -0.25) is 4.90 Å². The van der Waals surface area contributed by atoms with Gasteiger partial charge in [0.15, 0.2) is 5.58 Å².